The van der Waals surface area contributed by atoms with E-state index in [4.69, 9.17) is 4.74 Å². The number of nitriles is 1. The Morgan fingerprint density at radius 3 is 2.61 bits per heavy atom. The van der Waals surface area contributed by atoms with Crippen LogP contribution in [0.1, 0.15) is 11.3 Å². The lowest BCUT2D eigenvalue weighted by atomic mass is 10.1. The van der Waals surface area contributed by atoms with Gasteiger partial charge in [0.2, 0.25) is 5.91 Å². The van der Waals surface area contributed by atoms with Crippen molar-refractivity contribution in [3.63, 3.8) is 0 Å². The van der Waals surface area contributed by atoms with Crippen LogP contribution in [0.15, 0.2) is 85.2 Å². The van der Waals surface area contributed by atoms with Gasteiger partial charge in [0.25, 0.3) is 0 Å². The van der Waals surface area contributed by atoms with Crippen molar-refractivity contribution in [2.45, 2.75) is 6.61 Å². The van der Waals surface area contributed by atoms with Crippen molar-refractivity contribution in [2.24, 2.45) is 0 Å². The predicted molar refractivity (Wildman–Crippen MR) is 141 cm³/mol. The van der Waals surface area contributed by atoms with Gasteiger partial charge >= 0.3 is 0 Å². The Morgan fingerprint density at radius 1 is 1.08 bits per heavy atom. The fourth-order valence-electron chi connectivity index (χ4n) is 3.46. The van der Waals surface area contributed by atoms with Crippen molar-refractivity contribution in [1.82, 2.24) is 14.9 Å². The van der Waals surface area contributed by atoms with Crippen LogP contribution in [0.3, 0.4) is 0 Å². The third-order valence-electron chi connectivity index (χ3n) is 5.23. The van der Waals surface area contributed by atoms with Crippen LogP contribution in [0.4, 0.5) is 17.1 Å². The van der Waals surface area contributed by atoms with Crippen molar-refractivity contribution in [3.8, 4) is 11.8 Å². The standard InChI is InChI=1S/C28H26N6O2/c1-34(2)15-5-7-27(35)32-22-10-13-26-25(16-22)28(20(17-29)18-31-26)33-21-8-11-24(12-9-21)36-19-23-6-3-4-14-30-23/h3-14,16,18H,15,19H2,1-2H3,(H,31,33)(H,32,35). The van der Waals surface area contributed by atoms with Crippen LogP contribution in [-0.4, -0.2) is 41.4 Å². The number of benzene rings is 2. The highest BCUT2D eigenvalue weighted by molar-refractivity contribution is 6.03. The Kier molecular flexibility index (Phi) is 7.86. The number of anilines is 3. The summed E-state index contributed by atoms with van der Waals surface area (Å²) in [5, 5.41) is 16.6. The number of nitrogens with one attached hydrogen (secondary N) is 2. The number of likely N-dealkylation sites (N-methyl/N-ethyl adjacent to an activating group) is 1. The zero-order chi connectivity index (χ0) is 25.3. The summed E-state index contributed by atoms with van der Waals surface area (Å²) in [5.74, 6) is 0.481. The van der Waals surface area contributed by atoms with Crippen LogP contribution in [-0.2, 0) is 11.4 Å². The van der Waals surface area contributed by atoms with E-state index in [-0.39, 0.29) is 5.91 Å². The SMILES string of the molecule is CN(C)CC=CC(=O)Nc1ccc2ncc(C#N)c(Nc3ccc(OCc4ccccn4)cc3)c2c1. The topological polar surface area (TPSA) is 103 Å². The van der Waals surface area contributed by atoms with Gasteiger partial charge in [0.15, 0.2) is 0 Å². The molecule has 0 saturated heterocycles. The van der Waals surface area contributed by atoms with Gasteiger partial charge in [-0.05, 0) is 68.7 Å². The smallest absolute Gasteiger partial charge is 0.248 e. The van der Waals surface area contributed by atoms with Crippen LogP contribution in [0.5, 0.6) is 5.75 Å². The molecule has 4 rings (SSSR count). The second-order valence-corrected chi connectivity index (χ2v) is 8.30. The Labute approximate surface area is 209 Å². The van der Waals surface area contributed by atoms with Gasteiger partial charge in [-0.1, -0.05) is 12.1 Å². The predicted octanol–water partition coefficient (Wildman–Crippen LogP) is 4.88. The molecule has 0 saturated carbocycles. The van der Waals surface area contributed by atoms with Gasteiger partial charge in [0.1, 0.15) is 18.4 Å². The van der Waals surface area contributed by atoms with Gasteiger partial charge in [0.05, 0.1) is 22.5 Å². The molecule has 0 aliphatic heterocycles. The Morgan fingerprint density at radius 2 is 1.89 bits per heavy atom. The molecule has 0 aliphatic carbocycles. The van der Waals surface area contributed by atoms with Gasteiger partial charge in [-0.3, -0.25) is 14.8 Å². The number of nitrogens with zero attached hydrogens (tertiary/aromatic N) is 4. The van der Waals surface area contributed by atoms with Gasteiger partial charge in [0, 0.05) is 41.8 Å². The Hall–Kier alpha value is -4.74. The molecule has 36 heavy (non-hydrogen) atoms. The first-order valence-corrected chi connectivity index (χ1v) is 11.4. The van der Waals surface area contributed by atoms with E-state index in [9.17, 15) is 10.1 Å². The van der Waals surface area contributed by atoms with Gasteiger partial charge in [-0.25, -0.2) is 0 Å². The summed E-state index contributed by atoms with van der Waals surface area (Å²) in [6.07, 6.45) is 6.57. The second-order valence-electron chi connectivity index (χ2n) is 8.30. The first kappa shape index (κ1) is 24.4. The number of amides is 1. The first-order valence-electron chi connectivity index (χ1n) is 11.4. The zero-order valence-electron chi connectivity index (χ0n) is 20.1. The summed E-state index contributed by atoms with van der Waals surface area (Å²) in [7, 11) is 3.87. The lowest BCUT2D eigenvalue weighted by molar-refractivity contribution is -0.111. The molecule has 2 aromatic carbocycles. The molecule has 0 spiro atoms. The molecule has 180 valence electrons. The minimum Gasteiger partial charge on any atom is -0.487 e. The number of pyridine rings is 2. The molecule has 8 heteroatoms. The first-order chi connectivity index (χ1) is 17.5. The van der Waals surface area contributed by atoms with Crippen LogP contribution in [0.25, 0.3) is 10.9 Å². The third kappa shape index (κ3) is 6.44. The van der Waals surface area contributed by atoms with Crippen LogP contribution >= 0.6 is 0 Å². The number of rotatable bonds is 9. The van der Waals surface area contributed by atoms with E-state index < -0.39 is 0 Å². The highest BCUT2D eigenvalue weighted by Gasteiger charge is 2.11. The van der Waals surface area contributed by atoms with Crippen molar-refractivity contribution in [3.05, 3.63) is 96.5 Å². The average molecular weight is 479 g/mol. The van der Waals surface area contributed by atoms with E-state index in [1.54, 1.807) is 18.3 Å². The van der Waals surface area contributed by atoms with E-state index >= 15 is 0 Å². The molecular weight excluding hydrogens is 452 g/mol. The molecular formula is C28H26N6O2. The van der Waals surface area contributed by atoms with E-state index in [1.165, 1.54) is 12.3 Å². The summed E-state index contributed by atoms with van der Waals surface area (Å²) < 4.78 is 5.81. The Bertz CT molecular complexity index is 1410. The van der Waals surface area contributed by atoms with E-state index in [1.807, 2.05) is 73.6 Å². The summed E-state index contributed by atoms with van der Waals surface area (Å²) >= 11 is 0. The lowest BCUT2D eigenvalue weighted by Gasteiger charge is -2.13. The molecule has 0 bridgehead atoms. The zero-order valence-corrected chi connectivity index (χ0v) is 20.1. The molecule has 2 aromatic heterocycles. The van der Waals surface area contributed by atoms with Crippen molar-refractivity contribution >= 4 is 33.9 Å². The van der Waals surface area contributed by atoms with Gasteiger partial charge in [-0.15, -0.1) is 0 Å². The number of hydrogen-bond acceptors (Lipinski definition) is 7. The number of aromatic nitrogens is 2. The molecule has 8 nitrogen and oxygen atoms in total. The number of fused-ring (bicyclic) bond motifs is 1. The maximum atomic E-state index is 12.3. The monoisotopic (exact) mass is 478 g/mol. The number of carbonyl (C=O) groups excluding carboxylic acids is 1. The van der Waals surface area contributed by atoms with Gasteiger partial charge < -0.3 is 20.3 Å². The molecule has 0 radical (unpaired) electrons. The number of carbonyl (C=O) groups is 1. The van der Waals surface area contributed by atoms with Gasteiger partial charge in [-0.2, -0.15) is 5.26 Å². The van der Waals surface area contributed by atoms with E-state index in [0.29, 0.717) is 41.4 Å². The second kappa shape index (κ2) is 11.6. The summed E-state index contributed by atoms with van der Waals surface area (Å²) in [6, 6.07) is 20.8. The molecule has 2 heterocycles. The fraction of sp³-hybridized carbons (Fsp3) is 0.143. The quantitative estimate of drug-likeness (QED) is 0.331. The number of ether oxygens (including phenoxy) is 1. The molecule has 0 aliphatic rings. The van der Waals surface area contributed by atoms with Crippen LogP contribution < -0.4 is 15.4 Å². The summed E-state index contributed by atoms with van der Waals surface area (Å²) in [5.41, 5.74) is 3.95. The van der Waals surface area contributed by atoms with Crippen molar-refractivity contribution in [1.29, 1.82) is 5.26 Å². The van der Waals surface area contributed by atoms with Crippen molar-refractivity contribution in [2.75, 3.05) is 31.3 Å². The average Bonchev–Trinajstić information content (AvgIpc) is 2.89. The fourth-order valence-corrected chi connectivity index (χ4v) is 3.46. The molecule has 0 unspecified atom stereocenters. The maximum absolute atomic E-state index is 12.3. The van der Waals surface area contributed by atoms with Crippen LogP contribution in [0, 0.1) is 11.3 Å². The minimum atomic E-state index is -0.226. The summed E-state index contributed by atoms with van der Waals surface area (Å²) in [6.45, 7) is 1.04. The highest BCUT2D eigenvalue weighted by Crippen LogP contribution is 2.31. The third-order valence-corrected chi connectivity index (χ3v) is 5.23. The number of hydrogen-bond donors (Lipinski definition) is 2. The molecule has 1 amide bonds. The van der Waals surface area contributed by atoms with Crippen molar-refractivity contribution < 1.29 is 9.53 Å². The lowest BCUT2D eigenvalue weighted by Crippen LogP contribution is -2.12. The molecule has 2 N–H and O–H groups in total. The normalized spacial score (nSPS) is 10.9. The Balaban J connectivity index is 1.53. The molecule has 0 fully saturated rings. The molecule has 0 atom stereocenters. The van der Waals surface area contributed by atoms with E-state index in [0.717, 1.165) is 16.8 Å². The highest BCUT2D eigenvalue weighted by atomic mass is 16.5. The molecule has 4 aromatic rings. The maximum Gasteiger partial charge on any atom is 0.248 e. The minimum absolute atomic E-state index is 0.226. The van der Waals surface area contributed by atoms with Crippen LogP contribution in [0.2, 0.25) is 0 Å². The summed E-state index contributed by atoms with van der Waals surface area (Å²) in [4.78, 5) is 22.9. The van der Waals surface area contributed by atoms with E-state index in [2.05, 4.69) is 26.7 Å². The largest absolute Gasteiger partial charge is 0.487 e.